The molecule has 1 aromatic heterocycles. The standard InChI is InChI=1S/C54H37N3/c1-54(2)48-30-15-14-25-41(48)44-29-16-28-43(50(44)54)40-24-11-13-27-46(40)52-55-51(45-26-12-10-21-37(45)34-17-4-3-5-18-34)56-53(57-52)49-39-23-9-7-20-36(39)33-47-38-22-8-6-19-35(38)31-32-42(47)49/h3-33H,1-2H3. The molecule has 268 valence electrons. The van der Waals surface area contributed by atoms with Crippen LogP contribution in [0.4, 0.5) is 0 Å². The first-order valence-corrected chi connectivity index (χ1v) is 19.6. The fourth-order valence-corrected chi connectivity index (χ4v) is 9.32. The lowest BCUT2D eigenvalue weighted by molar-refractivity contribution is 0.662. The molecule has 11 rings (SSSR count). The van der Waals surface area contributed by atoms with Crippen molar-refractivity contribution in [3.05, 3.63) is 199 Å². The van der Waals surface area contributed by atoms with Gasteiger partial charge in [0.25, 0.3) is 0 Å². The maximum absolute atomic E-state index is 5.52. The van der Waals surface area contributed by atoms with Crippen LogP contribution < -0.4 is 0 Å². The van der Waals surface area contributed by atoms with Gasteiger partial charge < -0.3 is 0 Å². The van der Waals surface area contributed by atoms with E-state index in [1.807, 2.05) is 0 Å². The van der Waals surface area contributed by atoms with Crippen molar-refractivity contribution in [1.82, 2.24) is 15.0 Å². The Morgan fingerprint density at radius 2 is 0.860 bits per heavy atom. The zero-order valence-corrected chi connectivity index (χ0v) is 31.7. The molecule has 0 amide bonds. The van der Waals surface area contributed by atoms with Crippen molar-refractivity contribution in [3.63, 3.8) is 0 Å². The van der Waals surface area contributed by atoms with Crippen LogP contribution in [0.1, 0.15) is 25.0 Å². The summed E-state index contributed by atoms with van der Waals surface area (Å²) < 4.78 is 0. The first-order valence-electron chi connectivity index (χ1n) is 19.6. The minimum Gasteiger partial charge on any atom is -0.208 e. The summed E-state index contributed by atoms with van der Waals surface area (Å²) in [6.07, 6.45) is 0. The Labute approximate surface area is 332 Å². The summed E-state index contributed by atoms with van der Waals surface area (Å²) in [6.45, 7) is 4.69. The van der Waals surface area contributed by atoms with Crippen molar-refractivity contribution in [2.45, 2.75) is 19.3 Å². The third-order valence-corrected chi connectivity index (χ3v) is 11.9. The van der Waals surface area contributed by atoms with Gasteiger partial charge in [-0.1, -0.05) is 196 Å². The summed E-state index contributed by atoms with van der Waals surface area (Å²) in [5, 5.41) is 6.95. The number of aromatic nitrogens is 3. The summed E-state index contributed by atoms with van der Waals surface area (Å²) in [7, 11) is 0. The maximum Gasteiger partial charge on any atom is 0.165 e. The number of rotatable bonds is 5. The largest absolute Gasteiger partial charge is 0.208 e. The van der Waals surface area contributed by atoms with E-state index in [0.29, 0.717) is 17.5 Å². The summed E-state index contributed by atoms with van der Waals surface area (Å²) in [4.78, 5) is 16.4. The first kappa shape index (κ1) is 33.1. The molecule has 3 heteroatoms. The van der Waals surface area contributed by atoms with Crippen LogP contribution in [0.5, 0.6) is 0 Å². The summed E-state index contributed by atoms with van der Waals surface area (Å²) in [5.41, 5.74) is 12.5. The SMILES string of the molecule is CC1(C)c2ccccc2-c2cccc(-c3ccccc3-c3nc(-c4ccccc4-c4ccccc4)nc(-c4c5ccccc5cc5c4ccc4ccccc45)n3)c21. The predicted octanol–water partition coefficient (Wildman–Crippen LogP) is 14.0. The molecule has 0 saturated carbocycles. The van der Waals surface area contributed by atoms with Crippen LogP contribution in [0.25, 0.3) is 99.9 Å². The van der Waals surface area contributed by atoms with E-state index in [-0.39, 0.29) is 5.41 Å². The van der Waals surface area contributed by atoms with Gasteiger partial charge >= 0.3 is 0 Å². The van der Waals surface area contributed by atoms with Gasteiger partial charge in [0.05, 0.1) is 0 Å². The Bertz CT molecular complexity index is 3220. The van der Waals surface area contributed by atoms with E-state index in [1.165, 1.54) is 44.0 Å². The lowest BCUT2D eigenvalue weighted by Crippen LogP contribution is -2.16. The molecule has 10 aromatic rings. The monoisotopic (exact) mass is 727 g/mol. The molecule has 1 aliphatic carbocycles. The molecule has 3 nitrogen and oxygen atoms in total. The van der Waals surface area contributed by atoms with Crippen LogP contribution in [-0.4, -0.2) is 15.0 Å². The van der Waals surface area contributed by atoms with Gasteiger partial charge in [0.2, 0.25) is 0 Å². The second kappa shape index (κ2) is 12.9. The van der Waals surface area contributed by atoms with Crippen molar-refractivity contribution in [3.8, 4) is 67.5 Å². The molecule has 0 N–H and O–H groups in total. The molecule has 0 spiro atoms. The molecule has 0 aliphatic heterocycles. The van der Waals surface area contributed by atoms with Crippen molar-refractivity contribution in [1.29, 1.82) is 0 Å². The fraction of sp³-hybridized carbons (Fsp3) is 0.0556. The minimum absolute atomic E-state index is 0.190. The second-order valence-electron chi connectivity index (χ2n) is 15.5. The normalized spacial score (nSPS) is 12.9. The van der Waals surface area contributed by atoms with Crippen LogP contribution in [0.3, 0.4) is 0 Å². The Balaban J connectivity index is 1.22. The van der Waals surface area contributed by atoms with Gasteiger partial charge in [0.15, 0.2) is 17.5 Å². The topological polar surface area (TPSA) is 38.7 Å². The molecule has 57 heavy (non-hydrogen) atoms. The van der Waals surface area contributed by atoms with E-state index in [2.05, 4.69) is 202 Å². The zero-order valence-electron chi connectivity index (χ0n) is 31.7. The van der Waals surface area contributed by atoms with Gasteiger partial charge in [0.1, 0.15) is 0 Å². The molecule has 0 saturated heterocycles. The smallest absolute Gasteiger partial charge is 0.165 e. The Kier molecular flexibility index (Phi) is 7.52. The van der Waals surface area contributed by atoms with Crippen LogP contribution in [0, 0.1) is 0 Å². The minimum atomic E-state index is -0.190. The van der Waals surface area contributed by atoms with Crippen LogP contribution in [0.15, 0.2) is 188 Å². The van der Waals surface area contributed by atoms with E-state index >= 15 is 0 Å². The Hall–Kier alpha value is -7.23. The Morgan fingerprint density at radius 3 is 1.61 bits per heavy atom. The average Bonchev–Trinajstić information content (AvgIpc) is 3.51. The molecule has 0 fully saturated rings. The van der Waals surface area contributed by atoms with Gasteiger partial charge in [-0.05, 0) is 82.9 Å². The first-order chi connectivity index (χ1) is 28.0. The lowest BCUT2D eigenvalue weighted by Gasteiger charge is -2.25. The van der Waals surface area contributed by atoms with Crippen LogP contribution in [-0.2, 0) is 5.41 Å². The van der Waals surface area contributed by atoms with E-state index < -0.39 is 0 Å². The average molecular weight is 728 g/mol. The molecule has 1 aliphatic rings. The zero-order chi connectivity index (χ0) is 38.1. The summed E-state index contributed by atoms with van der Waals surface area (Å²) >= 11 is 0. The van der Waals surface area contributed by atoms with Crippen LogP contribution >= 0.6 is 0 Å². The molecular weight excluding hydrogens is 691 g/mol. The number of benzene rings is 9. The van der Waals surface area contributed by atoms with Crippen molar-refractivity contribution >= 4 is 32.3 Å². The molecular formula is C54H37N3. The fourth-order valence-electron chi connectivity index (χ4n) is 9.32. The van der Waals surface area contributed by atoms with E-state index in [0.717, 1.165) is 49.5 Å². The third kappa shape index (κ3) is 5.23. The highest BCUT2D eigenvalue weighted by Gasteiger charge is 2.37. The summed E-state index contributed by atoms with van der Waals surface area (Å²) in [5.74, 6) is 1.93. The van der Waals surface area contributed by atoms with Gasteiger partial charge in [-0.3, -0.25) is 0 Å². The van der Waals surface area contributed by atoms with Gasteiger partial charge in [-0.15, -0.1) is 0 Å². The number of hydrogen-bond donors (Lipinski definition) is 0. The third-order valence-electron chi connectivity index (χ3n) is 11.9. The second-order valence-corrected chi connectivity index (χ2v) is 15.5. The van der Waals surface area contributed by atoms with Gasteiger partial charge in [-0.2, -0.15) is 0 Å². The van der Waals surface area contributed by atoms with Crippen molar-refractivity contribution < 1.29 is 0 Å². The quantitative estimate of drug-likeness (QED) is 0.131. The molecule has 1 heterocycles. The van der Waals surface area contributed by atoms with Crippen molar-refractivity contribution in [2.75, 3.05) is 0 Å². The van der Waals surface area contributed by atoms with E-state index in [4.69, 9.17) is 15.0 Å². The highest BCUT2D eigenvalue weighted by molar-refractivity contribution is 6.19. The van der Waals surface area contributed by atoms with E-state index in [1.54, 1.807) is 0 Å². The van der Waals surface area contributed by atoms with Gasteiger partial charge in [-0.25, -0.2) is 15.0 Å². The lowest BCUT2D eigenvalue weighted by atomic mass is 9.78. The highest BCUT2D eigenvalue weighted by atomic mass is 15.0. The van der Waals surface area contributed by atoms with Crippen molar-refractivity contribution in [2.24, 2.45) is 0 Å². The number of hydrogen-bond acceptors (Lipinski definition) is 3. The van der Waals surface area contributed by atoms with Crippen LogP contribution in [0.2, 0.25) is 0 Å². The maximum atomic E-state index is 5.52. The summed E-state index contributed by atoms with van der Waals surface area (Å²) in [6, 6.07) is 67.1. The molecule has 0 radical (unpaired) electrons. The highest BCUT2D eigenvalue weighted by Crippen LogP contribution is 2.53. The predicted molar refractivity (Wildman–Crippen MR) is 237 cm³/mol. The molecule has 9 aromatic carbocycles. The molecule has 0 bridgehead atoms. The number of fused-ring (bicyclic) bond motifs is 7. The number of nitrogens with zero attached hydrogens (tertiary/aromatic N) is 3. The Morgan fingerprint density at radius 1 is 0.333 bits per heavy atom. The molecule has 0 unspecified atom stereocenters. The van der Waals surface area contributed by atoms with E-state index in [9.17, 15) is 0 Å². The molecule has 0 atom stereocenters. The van der Waals surface area contributed by atoms with Gasteiger partial charge in [0, 0.05) is 22.1 Å².